The van der Waals surface area contributed by atoms with Crippen molar-refractivity contribution in [1.82, 2.24) is 5.32 Å². The normalized spacial score (nSPS) is 20.3. The third kappa shape index (κ3) is 2.36. The highest BCUT2D eigenvalue weighted by Crippen LogP contribution is 2.37. The molecule has 15 heavy (non-hydrogen) atoms. The van der Waals surface area contributed by atoms with Crippen LogP contribution in [0.15, 0.2) is 21.1 Å². The first-order chi connectivity index (χ1) is 7.22. The molecule has 1 aromatic carbocycles. The Kier molecular flexibility index (Phi) is 3.66. The lowest BCUT2D eigenvalue weighted by molar-refractivity contribution is 0.245. The largest absolute Gasteiger partial charge is 0.491 e. The molecule has 2 N–H and O–H groups in total. The zero-order valence-electron chi connectivity index (χ0n) is 7.96. The molecular formula is C10H11Br2NO2. The van der Waals surface area contributed by atoms with Crippen LogP contribution in [0.2, 0.25) is 0 Å². The SMILES string of the molecule is OCC1NCCOc2c(Br)cc(Br)cc21. The van der Waals surface area contributed by atoms with Crippen LogP contribution >= 0.6 is 31.9 Å². The fraction of sp³-hybridized carbons (Fsp3) is 0.400. The quantitative estimate of drug-likeness (QED) is 0.826. The van der Waals surface area contributed by atoms with Crippen LogP contribution in [0.4, 0.5) is 0 Å². The Morgan fingerprint density at radius 3 is 3.00 bits per heavy atom. The Morgan fingerprint density at radius 1 is 1.47 bits per heavy atom. The van der Waals surface area contributed by atoms with E-state index in [-0.39, 0.29) is 12.6 Å². The minimum absolute atomic E-state index is 0.0590. The van der Waals surface area contributed by atoms with Crippen molar-refractivity contribution in [2.24, 2.45) is 0 Å². The van der Waals surface area contributed by atoms with Crippen LogP contribution in [0, 0.1) is 0 Å². The first-order valence-electron chi connectivity index (χ1n) is 4.68. The van der Waals surface area contributed by atoms with E-state index in [1.165, 1.54) is 0 Å². The molecule has 5 heteroatoms. The van der Waals surface area contributed by atoms with E-state index in [1.807, 2.05) is 12.1 Å². The predicted molar refractivity (Wildman–Crippen MR) is 65.2 cm³/mol. The summed E-state index contributed by atoms with van der Waals surface area (Å²) in [5.41, 5.74) is 0.983. The molecule has 1 heterocycles. The van der Waals surface area contributed by atoms with Gasteiger partial charge in [-0.25, -0.2) is 0 Å². The first kappa shape index (κ1) is 11.4. The lowest BCUT2D eigenvalue weighted by Gasteiger charge is -2.16. The predicted octanol–water partition coefficient (Wildman–Crippen LogP) is 2.23. The molecular weight excluding hydrogens is 326 g/mol. The monoisotopic (exact) mass is 335 g/mol. The number of rotatable bonds is 1. The minimum Gasteiger partial charge on any atom is -0.491 e. The van der Waals surface area contributed by atoms with Gasteiger partial charge in [0, 0.05) is 16.6 Å². The van der Waals surface area contributed by atoms with Gasteiger partial charge >= 0.3 is 0 Å². The molecule has 0 aromatic heterocycles. The van der Waals surface area contributed by atoms with Crippen molar-refractivity contribution >= 4 is 31.9 Å². The van der Waals surface area contributed by atoms with E-state index in [0.29, 0.717) is 6.61 Å². The first-order valence-corrected chi connectivity index (χ1v) is 6.27. The maximum Gasteiger partial charge on any atom is 0.138 e. The van der Waals surface area contributed by atoms with Crippen LogP contribution in [0.25, 0.3) is 0 Å². The molecule has 2 rings (SSSR count). The molecule has 1 aliphatic rings. The summed E-state index contributed by atoms with van der Waals surface area (Å²) in [5, 5.41) is 12.5. The van der Waals surface area contributed by atoms with Crippen LogP contribution < -0.4 is 10.1 Å². The van der Waals surface area contributed by atoms with Crippen molar-refractivity contribution in [3.8, 4) is 5.75 Å². The Bertz CT molecular complexity index is 371. The molecule has 3 nitrogen and oxygen atoms in total. The van der Waals surface area contributed by atoms with Gasteiger partial charge in [0.05, 0.1) is 17.1 Å². The van der Waals surface area contributed by atoms with E-state index < -0.39 is 0 Å². The smallest absolute Gasteiger partial charge is 0.138 e. The molecule has 1 atom stereocenters. The molecule has 0 aliphatic carbocycles. The lowest BCUT2D eigenvalue weighted by Crippen LogP contribution is -2.25. The van der Waals surface area contributed by atoms with Gasteiger partial charge in [-0.2, -0.15) is 0 Å². The van der Waals surface area contributed by atoms with Crippen molar-refractivity contribution in [1.29, 1.82) is 0 Å². The maximum absolute atomic E-state index is 9.30. The van der Waals surface area contributed by atoms with E-state index in [1.54, 1.807) is 0 Å². The summed E-state index contributed by atoms with van der Waals surface area (Å²) in [7, 11) is 0. The van der Waals surface area contributed by atoms with Gasteiger partial charge in [0.25, 0.3) is 0 Å². The number of hydrogen-bond donors (Lipinski definition) is 2. The van der Waals surface area contributed by atoms with Crippen LogP contribution in [-0.4, -0.2) is 24.9 Å². The fourth-order valence-corrected chi connectivity index (χ4v) is 3.02. The molecule has 1 aromatic rings. The van der Waals surface area contributed by atoms with Gasteiger partial charge in [-0.15, -0.1) is 0 Å². The summed E-state index contributed by atoms with van der Waals surface area (Å²) in [6.45, 7) is 1.42. The van der Waals surface area contributed by atoms with E-state index in [0.717, 1.165) is 26.8 Å². The maximum atomic E-state index is 9.30. The summed E-state index contributed by atoms with van der Waals surface area (Å²) in [5.74, 6) is 0.822. The molecule has 1 aliphatic heterocycles. The van der Waals surface area contributed by atoms with Crippen LogP contribution in [-0.2, 0) is 0 Å². The number of hydrogen-bond acceptors (Lipinski definition) is 3. The Balaban J connectivity index is 2.50. The standard InChI is InChI=1S/C10H11Br2NO2/c11-6-3-7-9(5-14)13-1-2-15-10(7)8(12)4-6/h3-4,9,13-14H,1-2,5H2. The molecule has 0 spiro atoms. The van der Waals surface area contributed by atoms with E-state index in [9.17, 15) is 5.11 Å². The molecule has 0 radical (unpaired) electrons. The Morgan fingerprint density at radius 2 is 2.27 bits per heavy atom. The molecule has 0 fully saturated rings. The number of aliphatic hydroxyl groups excluding tert-OH is 1. The van der Waals surface area contributed by atoms with Crippen LogP contribution in [0.5, 0.6) is 5.75 Å². The van der Waals surface area contributed by atoms with Gasteiger partial charge in [-0.05, 0) is 28.1 Å². The fourth-order valence-electron chi connectivity index (χ4n) is 1.65. The Hall–Kier alpha value is -0.100. The molecule has 0 amide bonds. The number of nitrogens with one attached hydrogen (secondary N) is 1. The molecule has 0 bridgehead atoms. The summed E-state index contributed by atoms with van der Waals surface area (Å²) in [6, 6.07) is 3.86. The van der Waals surface area contributed by atoms with E-state index in [2.05, 4.69) is 37.2 Å². The average molecular weight is 337 g/mol. The van der Waals surface area contributed by atoms with Crippen molar-refractivity contribution in [3.05, 3.63) is 26.6 Å². The highest BCUT2D eigenvalue weighted by atomic mass is 79.9. The van der Waals surface area contributed by atoms with Crippen molar-refractivity contribution in [3.63, 3.8) is 0 Å². The van der Waals surface area contributed by atoms with Crippen molar-refractivity contribution in [2.75, 3.05) is 19.8 Å². The second kappa shape index (κ2) is 4.82. The number of fused-ring (bicyclic) bond motifs is 1. The highest BCUT2D eigenvalue weighted by molar-refractivity contribution is 9.11. The van der Waals surface area contributed by atoms with Gasteiger partial charge in [0.1, 0.15) is 12.4 Å². The van der Waals surface area contributed by atoms with Gasteiger partial charge in [-0.1, -0.05) is 15.9 Å². The Labute approximate surface area is 105 Å². The second-order valence-corrected chi connectivity index (χ2v) is 5.11. The van der Waals surface area contributed by atoms with E-state index in [4.69, 9.17) is 4.74 Å². The third-order valence-electron chi connectivity index (χ3n) is 2.33. The van der Waals surface area contributed by atoms with Gasteiger partial charge in [0.15, 0.2) is 0 Å². The third-order valence-corrected chi connectivity index (χ3v) is 3.38. The van der Waals surface area contributed by atoms with Crippen LogP contribution in [0.3, 0.4) is 0 Å². The number of ether oxygens (including phenoxy) is 1. The van der Waals surface area contributed by atoms with Crippen LogP contribution in [0.1, 0.15) is 11.6 Å². The van der Waals surface area contributed by atoms with Gasteiger partial charge < -0.3 is 15.2 Å². The van der Waals surface area contributed by atoms with Gasteiger partial charge in [0.2, 0.25) is 0 Å². The summed E-state index contributed by atoms with van der Waals surface area (Å²) < 4.78 is 7.51. The van der Waals surface area contributed by atoms with E-state index >= 15 is 0 Å². The average Bonchev–Trinajstić information content (AvgIpc) is 2.39. The topological polar surface area (TPSA) is 41.5 Å². The molecule has 0 saturated carbocycles. The van der Waals surface area contributed by atoms with Crippen molar-refractivity contribution < 1.29 is 9.84 Å². The number of benzene rings is 1. The summed E-state index contributed by atoms with van der Waals surface area (Å²) >= 11 is 6.89. The lowest BCUT2D eigenvalue weighted by atomic mass is 10.1. The molecule has 1 unspecified atom stereocenters. The van der Waals surface area contributed by atoms with Gasteiger partial charge in [-0.3, -0.25) is 0 Å². The molecule has 82 valence electrons. The number of aliphatic hydroxyl groups is 1. The zero-order valence-corrected chi connectivity index (χ0v) is 11.1. The number of halogens is 2. The molecule has 0 saturated heterocycles. The minimum atomic E-state index is -0.0590. The summed E-state index contributed by atoms with van der Waals surface area (Å²) in [4.78, 5) is 0. The van der Waals surface area contributed by atoms with Crippen molar-refractivity contribution in [2.45, 2.75) is 6.04 Å². The summed E-state index contributed by atoms with van der Waals surface area (Å²) in [6.07, 6.45) is 0. The zero-order chi connectivity index (χ0) is 10.8. The second-order valence-electron chi connectivity index (χ2n) is 3.34. The highest BCUT2D eigenvalue weighted by Gasteiger charge is 2.21.